The summed E-state index contributed by atoms with van der Waals surface area (Å²) >= 11 is 6.09. The minimum atomic E-state index is -5.03. The van der Waals surface area contributed by atoms with Crippen molar-refractivity contribution in [2.45, 2.75) is 50.5 Å². The van der Waals surface area contributed by atoms with E-state index in [0.29, 0.717) is 10.6 Å². The Hall–Kier alpha value is -4.99. The Balaban J connectivity index is 1.90. The molecule has 0 aliphatic heterocycles. The van der Waals surface area contributed by atoms with Crippen LogP contribution >= 0.6 is 11.6 Å². The van der Waals surface area contributed by atoms with Gasteiger partial charge in [0.2, 0.25) is 17.6 Å². The summed E-state index contributed by atoms with van der Waals surface area (Å²) in [7, 11) is 0. The third-order valence-electron chi connectivity index (χ3n) is 6.75. The van der Waals surface area contributed by atoms with E-state index in [1.54, 1.807) is 30.3 Å². The summed E-state index contributed by atoms with van der Waals surface area (Å²) in [5, 5.41) is 8.44. The molecule has 1 aromatic heterocycles. The SMILES string of the molecule is CC(C)[C@H](NC(=O)[C@@H](NC(=O)[C@H](Cc1cccc(Cl)c1)NC(=O)c1cncnc1)c1ccccc1)C(=O)C(F)(F)C(=O)NCC(F)(F)F. The highest BCUT2D eigenvalue weighted by Crippen LogP contribution is 2.23. The van der Waals surface area contributed by atoms with Gasteiger partial charge in [-0.1, -0.05) is 67.9 Å². The molecule has 0 aliphatic carbocycles. The average Bonchev–Trinajstić information content (AvgIpc) is 3.04. The van der Waals surface area contributed by atoms with Crippen LogP contribution in [0.2, 0.25) is 5.02 Å². The monoisotopic (exact) mass is 696 g/mol. The third kappa shape index (κ3) is 10.5. The van der Waals surface area contributed by atoms with E-state index in [1.807, 2.05) is 0 Å². The first kappa shape index (κ1) is 37.5. The fourth-order valence-electron chi connectivity index (χ4n) is 4.33. The van der Waals surface area contributed by atoms with Crippen molar-refractivity contribution in [3.05, 3.63) is 95.0 Å². The molecule has 4 N–H and O–H groups in total. The zero-order valence-corrected chi connectivity index (χ0v) is 26.1. The fourth-order valence-corrected chi connectivity index (χ4v) is 4.54. The predicted molar refractivity (Wildman–Crippen MR) is 162 cm³/mol. The van der Waals surface area contributed by atoms with E-state index in [-0.39, 0.29) is 17.5 Å². The second-order valence-electron chi connectivity index (χ2n) is 10.8. The number of hydrogen-bond acceptors (Lipinski definition) is 7. The molecular formula is C31H30ClF5N6O5. The number of carbonyl (C=O) groups excluding carboxylic acids is 5. The molecule has 0 aliphatic rings. The van der Waals surface area contributed by atoms with E-state index in [1.165, 1.54) is 56.8 Å². The number of Topliss-reactive ketones (excluding diaryl/α,β-unsaturated/α-hetero) is 1. The molecule has 0 saturated heterocycles. The lowest BCUT2D eigenvalue weighted by atomic mass is 9.94. The van der Waals surface area contributed by atoms with Crippen LogP contribution in [0.5, 0.6) is 0 Å². The molecule has 4 amide bonds. The van der Waals surface area contributed by atoms with Crippen molar-refractivity contribution in [1.29, 1.82) is 0 Å². The summed E-state index contributed by atoms with van der Waals surface area (Å²) in [6.45, 7) is 0.401. The van der Waals surface area contributed by atoms with E-state index < -0.39 is 72.1 Å². The molecular weight excluding hydrogens is 667 g/mol. The van der Waals surface area contributed by atoms with E-state index in [0.717, 1.165) is 5.32 Å². The Kier molecular flexibility index (Phi) is 12.7. The molecule has 48 heavy (non-hydrogen) atoms. The first-order chi connectivity index (χ1) is 22.5. The Morgan fingerprint density at radius 3 is 2.06 bits per heavy atom. The lowest BCUT2D eigenvalue weighted by Gasteiger charge is -2.28. The van der Waals surface area contributed by atoms with Gasteiger partial charge in [0.25, 0.3) is 11.8 Å². The van der Waals surface area contributed by atoms with Crippen LogP contribution in [-0.4, -0.2) is 70.1 Å². The second kappa shape index (κ2) is 16.2. The number of carbonyl (C=O) groups is 5. The van der Waals surface area contributed by atoms with E-state index >= 15 is 0 Å². The van der Waals surface area contributed by atoms with Gasteiger partial charge in [-0.3, -0.25) is 24.0 Å². The predicted octanol–water partition coefficient (Wildman–Crippen LogP) is 3.35. The highest BCUT2D eigenvalue weighted by Gasteiger charge is 2.52. The molecule has 3 atom stereocenters. The number of nitrogens with zero attached hydrogens (tertiary/aromatic N) is 2. The van der Waals surface area contributed by atoms with E-state index in [2.05, 4.69) is 25.9 Å². The smallest absolute Gasteiger partial charge is 0.344 e. The van der Waals surface area contributed by atoms with Crippen LogP contribution in [0.3, 0.4) is 0 Å². The van der Waals surface area contributed by atoms with Crippen molar-refractivity contribution in [3.63, 3.8) is 0 Å². The number of hydrogen-bond donors (Lipinski definition) is 4. The second-order valence-corrected chi connectivity index (χ2v) is 11.2. The van der Waals surface area contributed by atoms with Crippen molar-refractivity contribution < 1.29 is 45.9 Å². The van der Waals surface area contributed by atoms with Gasteiger partial charge in [0.05, 0.1) is 11.6 Å². The number of benzene rings is 2. The molecule has 0 saturated carbocycles. The van der Waals surface area contributed by atoms with Crippen LogP contribution in [0.15, 0.2) is 73.3 Å². The molecule has 17 heteroatoms. The number of rotatable bonds is 14. The first-order valence-corrected chi connectivity index (χ1v) is 14.6. The summed E-state index contributed by atoms with van der Waals surface area (Å²) in [5.74, 6) is -13.5. The topological polar surface area (TPSA) is 159 Å². The van der Waals surface area contributed by atoms with Crippen molar-refractivity contribution in [2.75, 3.05) is 6.54 Å². The van der Waals surface area contributed by atoms with Gasteiger partial charge in [-0.15, -0.1) is 0 Å². The van der Waals surface area contributed by atoms with Crippen LogP contribution in [-0.2, 0) is 25.6 Å². The Labute approximate surface area is 276 Å². The number of aromatic nitrogens is 2. The molecule has 256 valence electrons. The van der Waals surface area contributed by atoms with Crippen LogP contribution < -0.4 is 21.3 Å². The Bertz CT molecular complexity index is 1610. The molecule has 0 spiro atoms. The van der Waals surface area contributed by atoms with Gasteiger partial charge in [0.1, 0.15) is 25.0 Å². The molecule has 0 unspecified atom stereocenters. The van der Waals surface area contributed by atoms with Crippen molar-refractivity contribution >= 4 is 41.0 Å². The number of amides is 4. The minimum Gasteiger partial charge on any atom is -0.344 e. The highest BCUT2D eigenvalue weighted by atomic mass is 35.5. The maximum Gasteiger partial charge on any atom is 0.405 e. The average molecular weight is 697 g/mol. The quantitative estimate of drug-likeness (QED) is 0.149. The standard InChI is InChI=1S/C31H30ClF5N6O5/c1-17(2)23(25(44)31(36,37)29(48)40-15-30(33,34)35)42-28(47)24(19-8-4-3-5-9-19)43-27(46)22(12-18-7-6-10-21(32)11-18)41-26(45)20-13-38-16-39-14-20/h3-11,13-14,16-17,22-24H,12,15H2,1-2H3,(H,40,48)(H,41,45)(H,42,47)(H,43,46)/t22-,23-,24-/m0/s1. The summed E-state index contributed by atoms with van der Waals surface area (Å²) in [6.07, 6.45) is -1.55. The summed E-state index contributed by atoms with van der Waals surface area (Å²) < 4.78 is 67.1. The van der Waals surface area contributed by atoms with Crippen LogP contribution in [0, 0.1) is 5.92 Å². The van der Waals surface area contributed by atoms with E-state index in [4.69, 9.17) is 11.6 Å². The number of ketones is 1. The highest BCUT2D eigenvalue weighted by molar-refractivity contribution is 6.30. The normalized spacial score (nSPS) is 13.5. The largest absolute Gasteiger partial charge is 0.405 e. The van der Waals surface area contributed by atoms with Gasteiger partial charge < -0.3 is 21.3 Å². The van der Waals surface area contributed by atoms with Gasteiger partial charge in [-0.2, -0.15) is 22.0 Å². The maximum atomic E-state index is 14.8. The van der Waals surface area contributed by atoms with Crippen molar-refractivity contribution in [2.24, 2.45) is 5.92 Å². The molecule has 0 bridgehead atoms. The minimum absolute atomic E-state index is 0.0113. The molecule has 0 fully saturated rings. The summed E-state index contributed by atoms with van der Waals surface area (Å²) in [4.78, 5) is 72.6. The first-order valence-electron chi connectivity index (χ1n) is 14.2. The van der Waals surface area contributed by atoms with Crippen LogP contribution in [0.4, 0.5) is 22.0 Å². The van der Waals surface area contributed by atoms with Crippen molar-refractivity contribution in [1.82, 2.24) is 31.2 Å². The lowest BCUT2D eigenvalue weighted by molar-refractivity contribution is -0.165. The van der Waals surface area contributed by atoms with Crippen LogP contribution in [0.1, 0.15) is 41.4 Å². The van der Waals surface area contributed by atoms with Gasteiger partial charge in [-0.25, -0.2) is 9.97 Å². The molecule has 0 radical (unpaired) electrons. The van der Waals surface area contributed by atoms with Gasteiger partial charge >= 0.3 is 12.1 Å². The lowest BCUT2D eigenvalue weighted by Crippen LogP contribution is -2.58. The summed E-state index contributed by atoms with van der Waals surface area (Å²) in [5.41, 5.74) is 0.666. The molecule has 11 nitrogen and oxygen atoms in total. The van der Waals surface area contributed by atoms with Crippen molar-refractivity contribution in [3.8, 4) is 0 Å². The zero-order chi connectivity index (χ0) is 35.6. The zero-order valence-electron chi connectivity index (χ0n) is 25.4. The Morgan fingerprint density at radius 1 is 0.833 bits per heavy atom. The van der Waals surface area contributed by atoms with E-state index in [9.17, 15) is 45.9 Å². The fraction of sp³-hybridized carbons (Fsp3) is 0.323. The third-order valence-corrected chi connectivity index (χ3v) is 6.98. The maximum absolute atomic E-state index is 14.8. The van der Waals surface area contributed by atoms with Crippen LogP contribution in [0.25, 0.3) is 0 Å². The van der Waals surface area contributed by atoms with Gasteiger partial charge in [0.15, 0.2) is 0 Å². The number of halogens is 6. The molecule has 3 aromatic rings. The molecule has 1 heterocycles. The van der Waals surface area contributed by atoms with Gasteiger partial charge in [0, 0.05) is 23.8 Å². The number of nitrogens with one attached hydrogen (secondary N) is 4. The molecule has 2 aromatic carbocycles. The Morgan fingerprint density at radius 2 is 1.48 bits per heavy atom. The number of alkyl halides is 5. The summed E-state index contributed by atoms with van der Waals surface area (Å²) in [6, 6.07) is 8.76. The van der Waals surface area contributed by atoms with Gasteiger partial charge in [-0.05, 0) is 29.2 Å². The molecule has 3 rings (SSSR count).